The van der Waals surface area contributed by atoms with E-state index in [0.717, 1.165) is 0 Å². The fraction of sp³-hybridized carbons (Fsp3) is 1.00. The van der Waals surface area contributed by atoms with Crippen molar-refractivity contribution in [2.45, 2.75) is 39.5 Å². The molecule has 0 aromatic rings. The molecule has 0 rings (SSSR count). The Bertz CT molecular complexity index is 58.8. The van der Waals surface area contributed by atoms with Crippen molar-refractivity contribution in [3.05, 3.63) is 0 Å². The average Bonchev–Trinajstić information content (AvgIpc) is 1.97. The summed E-state index contributed by atoms with van der Waals surface area (Å²) in [5.74, 6) is 0. The summed E-state index contributed by atoms with van der Waals surface area (Å²) < 4.78 is 0. The predicted octanol–water partition coefficient (Wildman–Crippen LogP) is 2.84. The minimum atomic E-state index is 0. The van der Waals surface area contributed by atoms with Gasteiger partial charge in [-0.1, -0.05) is 26.7 Å². The minimum absolute atomic E-state index is 0. The molecule has 0 aromatic heterocycles. The summed E-state index contributed by atoms with van der Waals surface area (Å²) >= 11 is 0. The lowest BCUT2D eigenvalue weighted by Crippen LogP contribution is -2.20. The molecule has 0 aromatic carbocycles. The van der Waals surface area contributed by atoms with Crippen molar-refractivity contribution in [3.8, 4) is 0 Å². The van der Waals surface area contributed by atoms with Gasteiger partial charge in [0.1, 0.15) is 0 Å². The third kappa shape index (κ3) is 12.5. The Morgan fingerprint density at radius 2 is 1.17 bits per heavy atom. The van der Waals surface area contributed by atoms with Crippen LogP contribution in [0.1, 0.15) is 39.5 Å². The van der Waals surface area contributed by atoms with Crippen molar-refractivity contribution < 1.29 is 0 Å². The number of nitrogens with zero attached hydrogens (tertiary/aromatic N) is 1. The molecule has 78 valence electrons. The first-order chi connectivity index (χ1) is 4.81. The highest BCUT2D eigenvalue weighted by Gasteiger charge is 1.94. The Kier molecular flexibility index (Phi) is 20.0. The van der Waals surface area contributed by atoms with Crippen LogP contribution in [0.2, 0.25) is 0 Å². The van der Waals surface area contributed by atoms with Gasteiger partial charge < -0.3 is 17.2 Å². The summed E-state index contributed by atoms with van der Waals surface area (Å²) in [6, 6.07) is 0. The van der Waals surface area contributed by atoms with E-state index in [0.29, 0.717) is 0 Å². The molecule has 0 saturated heterocycles. The van der Waals surface area contributed by atoms with Gasteiger partial charge in [-0.2, -0.15) is 0 Å². The minimum Gasteiger partial charge on any atom is -0.344 e. The van der Waals surface area contributed by atoms with Crippen molar-refractivity contribution in [2.24, 2.45) is 0 Å². The van der Waals surface area contributed by atoms with E-state index in [9.17, 15) is 0 Å². The highest BCUT2D eigenvalue weighted by molar-refractivity contribution is 4.49. The zero-order valence-corrected chi connectivity index (χ0v) is 9.10. The van der Waals surface area contributed by atoms with E-state index in [-0.39, 0.29) is 12.3 Å². The van der Waals surface area contributed by atoms with E-state index >= 15 is 0 Å². The van der Waals surface area contributed by atoms with Crippen LogP contribution in [0.3, 0.4) is 0 Å². The smallest absolute Gasteiger partial charge is 0.00219 e. The number of hydrogen-bond donors (Lipinski definition) is 2. The fourth-order valence-electron chi connectivity index (χ4n) is 0.968. The first-order valence-electron chi connectivity index (χ1n) is 4.49. The first-order valence-corrected chi connectivity index (χ1v) is 4.49. The lowest BCUT2D eigenvalue weighted by Gasteiger charge is -2.14. The highest BCUT2D eigenvalue weighted by atomic mass is 15.1. The second kappa shape index (κ2) is 13.5. The molecule has 0 bridgehead atoms. The van der Waals surface area contributed by atoms with Crippen molar-refractivity contribution >= 4 is 0 Å². The molecule has 12 heavy (non-hydrogen) atoms. The van der Waals surface area contributed by atoms with E-state index in [1.165, 1.54) is 38.8 Å². The maximum Gasteiger partial charge on any atom is -0.00219 e. The maximum absolute atomic E-state index is 2.42. The van der Waals surface area contributed by atoms with Crippen molar-refractivity contribution in [1.82, 2.24) is 17.2 Å². The third-order valence-corrected chi connectivity index (χ3v) is 1.79. The van der Waals surface area contributed by atoms with Crippen LogP contribution in [0.5, 0.6) is 0 Å². The molecule has 0 fully saturated rings. The summed E-state index contributed by atoms with van der Waals surface area (Å²) in [7, 11) is 2.21. The molecule has 0 atom stereocenters. The summed E-state index contributed by atoms with van der Waals surface area (Å²) in [6.45, 7) is 7.04. The average molecular weight is 177 g/mol. The highest BCUT2D eigenvalue weighted by Crippen LogP contribution is 1.94. The van der Waals surface area contributed by atoms with Crippen LogP contribution >= 0.6 is 0 Å². The third-order valence-electron chi connectivity index (χ3n) is 1.79. The molecule has 0 aliphatic rings. The first kappa shape index (κ1) is 17.8. The van der Waals surface area contributed by atoms with Gasteiger partial charge in [0.25, 0.3) is 0 Å². The van der Waals surface area contributed by atoms with Crippen LogP contribution in [0.15, 0.2) is 0 Å². The van der Waals surface area contributed by atoms with Gasteiger partial charge in [-0.15, -0.1) is 0 Å². The Hall–Kier alpha value is -0.120. The molecule has 3 heteroatoms. The Morgan fingerprint density at radius 3 is 1.42 bits per heavy atom. The molecule has 3 nitrogen and oxygen atoms in total. The van der Waals surface area contributed by atoms with E-state index < -0.39 is 0 Å². The van der Waals surface area contributed by atoms with Crippen LogP contribution in [0.25, 0.3) is 0 Å². The van der Waals surface area contributed by atoms with E-state index in [4.69, 9.17) is 0 Å². The molecular formula is C9H27N3. The van der Waals surface area contributed by atoms with Crippen LogP contribution in [0, 0.1) is 0 Å². The van der Waals surface area contributed by atoms with E-state index in [2.05, 4.69) is 25.8 Å². The molecular weight excluding hydrogens is 150 g/mol. The van der Waals surface area contributed by atoms with Crippen LogP contribution in [0.4, 0.5) is 0 Å². The zero-order chi connectivity index (χ0) is 7.82. The van der Waals surface area contributed by atoms with Crippen LogP contribution in [-0.2, 0) is 0 Å². The van der Waals surface area contributed by atoms with Gasteiger partial charge in [0, 0.05) is 0 Å². The largest absolute Gasteiger partial charge is 0.344 e. The van der Waals surface area contributed by atoms with Gasteiger partial charge in [-0.25, -0.2) is 0 Å². The van der Waals surface area contributed by atoms with Crippen molar-refractivity contribution in [3.63, 3.8) is 0 Å². The molecule has 0 saturated carbocycles. The monoisotopic (exact) mass is 177 g/mol. The van der Waals surface area contributed by atoms with Gasteiger partial charge in [-0.3, -0.25) is 0 Å². The standard InChI is InChI=1S/C9H21N.2H3N/c1-4-6-8-10(3)9-7-5-2;;/h4-9H2,1-3H3;2*1H3. The summed E-state index contributed by atoms with van der Waals surface area (Å²) in [5.41, 5.74) is 0. The Balaban J connectivity index is -0.000000405. The normalized spacial score (nSPS) is 9.00. The van der Waals surface area contributed by atoms with Gasteiger partial charge in [-0.05, 0) is 33.0 Å². The van der Waals surface area contributed by atoms with Crippen LogP contribution < -0.4 is 12.3 Å². The van der Waals surface area contributed by atoms with Gasteiger partial charge in [0.2, 0.25) is 0 Å². The summed E-state index contributed by atoms with van der Waals surface area (Å²) in [6.07, 6.45) is 5.33. The molecule has 0 heterocycles. The molecule has 0 amide bonds. The molecule has 0 radical (unpaired) electrons. The SMILES string of the molecule is CCCCN(C)CCCC.N.N. The number of hydrogen-bond acceptors (Lipinski definition) is 3. The molecule has 0 spiro atoms. The van der Waals surface area contributed by atoms with Crippen molar-refractivity contribution in [2.75, 3.05) is 20.1 Å². The number of rotatable bonds is 6. The van der Waals surface area contributed by atoms with Gasteiger partial charge in [0.15, 0.2) is 0 Å². The molecule has 0 unspecified atom stereocenters. The van der Waals surface area contributed by atoms with E-state index in [1.54, 1.807) is 0 Å². The summed E-state index contributed by atoms with van der Waals surface area (Å²) in [4.78, 5) is 2.42. The lowest BCUT2D eigenvalue weighted by molar-refractivity contribution is 0.322. The topological polar surface area (TPSA) is 73.2 Å². The number of unbranched alkanes of at least 4 members (excludes halogenated alkanes) is 2. The molecule has 0 aliphatic heterocycles. The fourth-order valence-corrected chi connectivity index (χ4v) is 0.968. The van der Waals surface area contributed by atoms with E-state index in [1.807, 2.05) is 0 Å². The Labute approximate surface area is 77.7 Å². The van der Waals surface area contributed by atoms with Gasteiger partial charge >= 0.3 is 0 Å². The van der Waals surface area contributed by atoms with Crippen molar-refractivity contribution in [1.29, 1.82) is 0 Å². The lowest BCUT2D eigenvalue weighted by atomic mass is 10.3. The quantitative estimate of drug-likeness (QED) is 0.655. The molecule has 6 N–H and O–H groups in total. The second-order valence-electron chi connectivity index (χ2n) is 3.01. The molecule has 0 aliphatic carbocycles. The predicted molar refractivity (Wildman–Crippen MR) is 57.4 cm³/mol. The maximum atomic E-state index is 2.42. The van der Waals surface area contributed by atoms with Crippen LogP contribution in [-0.4, -0.2) is 25.0 Å². The summed E-state index contributed by atoms with van der Waals surface area (Å²) in [5, 5.41) is 0. The van der Waals surface area contributed by atoms with Gasteiger partial charge in [0.05, 0.1) is 0 Å². The second-order valence-corrected chi connectivity index (χ2v) is 3.01. The Morgan fingerprint density at radius 1 is 0.833 bits per heavy atom. The zero-order valence-electron chi connectivity index (χ0n) is 9.10.